The largest absolute Gasteiger partial charge is 0.508 e. The molecule has 4 aromatic heterocycles. The molecule has 3 aliphatic rings. The third-order valence-electron chi connectivity index (χ3n) is 18.7. The van der Waals surface area contributed by atoms with Crippen molar-refractivity contribution in [2.45, 2.75) is 74.4 Å². The van der Waals surface area contributed by atoms with E-state index in [9.17, 15) is 131 Å². The van der Waals surface area contributed by atoms with Crippen LogP contribution in [0.1, 0.15) is 50.4 Å². The van der Waals surface area contributed by atoms with Crippen LogP contribution in [0.5, 0.6) is 92.0 Å². The van der Waals surface area contributed by atoms with Crippen molar-refractivity contribution in [2.75, 3.05) is 20.2 Å². The molecule has 13 aromatic rings. The van der Waals surface area contributed by atoms with Gasteiger partial charge in [0.05, 0.1) is 35.2 Å². The van der Waals surface area contributed by atoms with E-state index in [1.165, 1.54) is 49.4 Å². The van der Waals surface area contributed by atoms with E-state index in [1.807, 2.05) is 6.07 Å². The summed E-state index contributed by atoms with van der Waals surface area (Å²) in [5.41, 5.74) is -2.72. The van der Waals surface area contributed by atoms with Gasteiger partial charge >= 0.3 is 11.3 Å². The van der Waals surface area contributed by atoms with Crippen molar-refractivity contribution < 1.29 is 175 Å². The van der Waals surface area contributed by atoms with Crippen LogP contribution in [0.25, 0.3) is 77.3 Å². The van der Waals surface area contributed by atoms with E-state index >= 15 is 0 Å². The first-order valence-electron chi connectivity index (χ1n) is 34.2. The molecule has 628 valence electrons. The topological polar surface area (TPSA) is 743 Å². The molecule has 9 aromatic carbocycles. The summed E-state index contributed by atoms with van der Waals surface area (Å²) in [7, 11) is 1.73. The number of hydrogen-bond donors (Lipinski definition) is 23. The number of ether oxygens (including phenoxy) is 4. The summed E-state index contributed by atoms with van der Waals surface area (Å²) in [6.07, 6.45) is -16.8. The van der Waals surface area contributed by atoms with E-state index < -0.39 is 205 Å². The Bertz CT molecular complexity index is 6140. The second-order valence-electron chi connectivity index (χ2n) is 26.2. The van der Waals surface area contributed by atoms with Crippen molar-refractivity contribution >= 4 is 66.2 Å². The number of rotatable bonds is 10. The zero-order valence-corrected chi connectivity index (χ0v) is 61.1. The van der Waals surface area contributed by atoms with E-state index in [0.717, 1.165) is 42.5 Å². The molecule has 119 heavy (non-hydrogen) atoms. The molecule has 0 saturated carbocycles. The lowest BCUT2D eigenvalue weighted by atomic mass is 9.83. The van der Waals surface area contributed by atoms with Crippen LogP contribution in [0.2, 0.25) is 0 Å². The Morgan fingerprint density at radius 1 is 0.429 bits per heavy atom. The number of likely N-dealkylation sites (N-methyl/N-ethyl adjacent to an activating group) is 1. The number of phenols is 15. The summed E-state index contributed by atoms with van der Waals surface area (Å²) in [6, 6.07) is 31.7. The Kier molecular flexibility index (Phi) is 26.6. The van der Waals surface area contributed by atoms with E-state index in [1.54, 1.807) is 55.6 Å². The third kappa shape index (κ3) is 17.0. The lowest BCUT2D eigenvalue weighted by molar-refractivity contribution is -0.318. The smallest absolute Gasteiger partial charge is 0.344 e. The summed E-state index contributed by atoms with van der Waals surface area (Å²) in [5, 5.41) is 218. The number of benzene rings is 9. The predicted octanol–water partition coefficient (Wildman–Crippen LogP) is 1.95. The van der Waals surface area contributed by atoms with Crippen molar-refractivity contribution in [3.8, 4) is 115 Å². The Balaban J connectivity index is 0.000000180. The molecule has 29 N–H and O–H groups in total. The minimum absolute atomic E-state index is 0. The number of ketones is 2. The number of aliphatic hydroxyl groups excluding tert-OH is 7. The van der Waals surface area contributed by atoms with Gasteiger partial charge in [0.15, 0.2) is 97.7 Å². The standard InChI is InChI=1S/C27H30O16.C15H10O5.C14H6O8.C14H8O4.C9H13NO3.3H2O/c1-8-17(32)20(35)22(37)26(40-8)39-7-15-18(33)21(36)23(38)27(42-15)43-25-19(34)16-13(31)5-10(28)6-14(16)41-24(25)9-2-3-11(29)12(30)4-9;16-9-6-11(8-4-2-1-3-5-8)20-12-7-10(17)14(18)15(19)13(9)12;15-5-1-3-7-8-4(14(20)22-11(7)9(5)17)2-6(16)10(18)12(8)21-13(3)19;15-10-6-5-9-11(14(10)18)13(17)8-4-2-1-3-7(8)12(9)16;1-10-5-9(13)6-2-3-7(11)8(12)4-6;;;/h2-6,8,15,17-18,20-23,26-33,35-38H,7H2,1H3;1-7,17-19H;1-2,15-18H;1-6,15,18H;2-4,9-13H,5H2,1H3;3*1H2/t8?,15?,17-,18+,20-,21+,22-,23?,26?,27-;;;;9-;;;/m0...0.../s1. The number of carbonyl (C=O) groups is 2. The predicted molar refractivity (Wildman–Crippen MR) is 410 cm³/mol. The number of aliphatic hydroxyl groups is 7. The Labute approximate surface area is 662 Å². The zero-order chi connectivity index (χ0) is 84.1. The number of hydrogen-bond acceptors (Lipinski definition) is 37. The summed E-state index contributed by atoms with van der Waals surface area (Å²) >= 11 is 0. The minimum atomic E-state index is -1.97. The number of phenolic OH excluding ortho intramolecular Hbond substituents is 15. The Hall–Kier alpha value is -14.1. The molecule has 4 unspecified atom stereocenters. The summed E-state index contributed by atoms with van der Waals surface area (Å²) < 4.78 is 43.2. The summed E-state index contributed by atoms with van der Waals surface area (Å²) in [5.74, 6) is -9.87. The second-order valence-corrected chi connectivity index (χ2v) is 26.2. The molecule has 0 radical (unpaired) electrons. The monoisotopic (exact) mass is 1660 g/mol. The molecule has 11 atom stereocenters. The molecule has 40 nitrogen and oxygen atoms in total. The fourth-order valence-electron chi connectivity index (χ4n) is 12.7. The van der Waals surface area contributed by atoms with E-state index in [-0.39, 0.29) is 94.1 Å². The molecular weight excluding hydrogens is 1590 g/mol. The Morgan fingerprint density at radius 3 is 1.55 bits per heavy atom. The molecule has 0 spiro atoms. The number of fused-ring (bicyclic) bond motifs is 4. The second kappa shape index (κ2) is 35.6. The van der Waals surface area contributed by atoms with Gasteiger partial charge < -0.3 is 171 Å². The zero-order valence-electron chi connectivity index (χ0n) is 61.1. The number of carbonyl (C=O) groups excluding carboxylic acids is 2. The maximum absolute atomic E-state index is 13.6. The van der Waals surface area contributed by atoms with Crippen LogP contribution in [0, 0.1) is 0 Å². The first kappa shape index (κ1) is 88.9. The molecule has 2 aliphatic heterocycles. The molecule has 0 bridgehead atoms. The average molecular weight is 1660 g/mol. The molecule has 40 heteroatoms. The van der Waals surface area contributed by atoms with Crippen molar-refractivity contribution in [1.82, 2.24) is 5.32 Å². The number of nitrogens with one attached hydrogen (secondary N) is 1. The maximum Gasteiger partial charge on any atom is 0.344 e. The molecule has 16 rings (SSSR count). The molecule has 0 amide bonds. The van der Waals surface area contributed by atoms with Gasteiger partial charge in [0.2, 0.25) is 34.7 Å². The van der Waals surface area contributed by atoms with Gasteiger partial charge in [0.25, 0.3) is 0 Å². The number of aromatic hydroxyl groups is 15. The highest BCUT2D eigenvalue weighted by Crippen LogP contribution is 2.47. The van der Waals surface area contributed by atoms with Crippen LogP contribution >= 0.6 is 0 Å². The van der Waals surface area contributed by atoms with Gasteiger partial charge in [-0.1, -0.05) is 60.7 Å². The normalized spacial score (nSPS) is 19.3. The van der Waals surface area contributed by atoms with Crippen LogP contribution in [0.4, 0.5) is 0 Å². The van der Waals surface area contributed by atoms with Crippen molar-refractivity contribution in [3.63, 3.8) is 0 Å². The van der Waals surface area contributed by atoms with Gasteiger partial charge in [-0.3, -0.25) is 19.2 Å². The Morgan fingerprint density at radius 2 is 0.966 bits per heavy atom. The highest BCUT2D eigenvalue weighted by molar-refractivity contribution is 6.29. The first-order chi connectivity index (χ1) is 55.0. The molecule has 1 aliphatic carbocycles. The van der Waals surface area contributed by atoms with Gasteiger partial charge in [-0.25, -0.2) is 9.59 Å². The maximum atomic E-state index is 13.6. The first-order valence-corrected chi connectivity index (χ1v) is 34.2. The van der Waals surface area contributed by atoms with Gasteiger partial charge in [0.1, 0.15) is 81.9 Å². The molecule has 6 heterocycles. The highest BCUT2D eigenvalue weighted by Gasteiger charge is 2.48. The fourth-order valence-corrected chi connectivity index (χ4v) is 12.7. The van der Waals surface area contributed by atoms with Crippen LogP contribution in [-0.2, 0) is 14.2 Å². The average Bonchev–Trinajstić information content (AvgIpc) is 0.713. The van der Waals surface area contributed by atoms with Crippen molar-refractivity contribution in [1.29, 1.82) is 0 Å². The fraction of sp³-hybridized carbons (Fsp3) is 0.190. The lowest BCUT2D eigenvalue weighted by Gasteiger charge is -2.42. The SMILES string of the molecule is CC1OC(OCC2O[C@@H](Oc3c(-c4ccc(O)c(O)c4)oc4cc(O)cc(O)c4c3=O)C(O)[C@H](O)[C@@H]2O)[C@@H](O)[C@@H](O)[C@H]1O.CNC[C@H](O)c1ccc(O)c(O)c1.O.O.O.O=C1c2ccccc2C(=O)c2c1ccc(O)c2O.O=c1cc(-c2ccccc2)oc2cc(O)c(O)c(O)c12.O=c1oc2c(O)c(O)cc3c(=O)oc4c(O)c(O)cc1c4c23. The molecule has 2 fully saturated rings. The van der Waals surface area contributed by atoms with Gasteiger partial charge in [0, 0.05) is 69.4 Å². The van der Waals surface area contributed by atoms with Gasteiger partial charge in [-0.15, -0.1) is 0 Å². The van der Waals surface area contributed by atoms with Crippen LogP contribution in [0.15, 0.2) is 176 Å². The van der Waals surface area contributed by atoms with Crippen LogP contribution in [0.3, 0.4) is 0 Å². The van der Waals surface area contributed by atoms with E-state index in [2.05, 4.69) is 5.32 Å². The quantitative estimate of drug-likeness (QED) is 0.0528. The summed E-state index contributed by atoms with van der Waals surface area (Å²) in [6.45, 7) is 1.23. The molecule has 2 saturated heterocycles. The lowest BCUT2D eigenvalue weighted by Crippen LogP contribution is -2.61. The summed E-state index contributed by atoms with van der Waals surface area (Å²) in [4.78, 5) is 74.0. The molecular formula is C79H73NO39. The van der Waals surface area contributed by atoms with E-state index in [0.29, 0.717) is 29.0 Å². The van der Waals surface area contributed by atoms with E-state index in [4.69, 9.17) is 46.8 Å². The van der Waals surface area contributed by atoms with Crippen molar-refractivity contribution in [3.05, 3.63) is 209 Å². The van der Waals surface area contributed by atoms with Crippen LogP contribution < -0.4 is 32.2 Å². The van der Waals surface area contributed by atoms with Crippen molar-refractivity contribution in [2.24, 2.45) is 0 Å². The van der Waals surface area contributed by atoms with Crippen LogP contribution in [-0.4, -0.2) is 222 Å². The van der Waals surface area contributed by atoms with Gasteiger partial charge in [-0.2, -0.15) is 0 Å². The highest BCUT2D eigenvalue weighted by atomic mass is 16.7. The minimum Gasteiger partial charge on any atom is -0.508 e. The van der Waals surface area contributed by atoms with Gasteiger partial charge in [-0.05, 0) is 74.1 Å². The third-order valence-corrected chi connectivity index (χ3v) is 18.7.